The number of carbonyl (C=O) groups excluding carboxylic acids is 1. The van der Waals surface area contributed by atoms with Crippen molar-refractivity contribution >= 4 is 11.6 Å². The number of carbonyl (C=O) groups is 1. The Kier molecular flexibility index (Phi) is 7.87. The molecule has 0 unspecified atom stereocenters. The first-order valence-corrected chi connectivity index (χ1v) is 11.8. The second-order valence-electron chi connectivity index (χ2n) is 8.70. The zero-order valence-corrected chi connectivity index (χ0v) is 20.5. The molecule has 4 rings (SSSR count). The lowest BCUT2D eigenvalue weighted by atomic mass is 9.89. The number of amides is 1. The van der Waals surface area contributed by atoms with Gasteiger partial charge in [0.1, 0.15) is 23.2 Å². The topological polar surface area (TPSA) is 76.9 Å². The van der Waals surface area contributed by atoms with Gasteiger partial charge in [0, 0.05) is 42.4 Å². The lowest BCUT2D eigenvalue weighted by Gasteiger charge is -2.32. The Bertz CT molecular complexity index is 1250. The Labute approximate surface area is 208 Å². The fourth-order valence-corrected chi connectivity index (χ4v) is 4.27. The molecule has 7 nitrogen and oxygen atoms in total. The molecule has 188 valence electrons. The van der Waals surface area contributed by atoms with Gasteiger partial charge in [-0.05, 0) is 51.0 Å². The number of aryl methyl sites for hydroxylation is 1. The molecule has 1 aromatic heterocycles. The summed E-state index contributed by atoms with van der Waals surface area (Å²) in [5.41, 5.74) is 2.06. The van der Waals surface area contributed by atoms with E-state index in [0.717, 1.165) is 11.3 Å². The van der Waals surface area contributed by atoms with Crippen LogP contribution in [0.25, 0.3) is 0 Å². The Hall–Kier alpha value is -3.88. The van der Waals surface area contributed by atoms with E-state index in [0.29, 0.717) is 49.0 Å². The molecule has 1 saturated heterocycles. The molecule has 1 aliphatic rings. The highest BCUT2D eigenvalue weighted by molar-refractivity contribution is 5.99. The number of hydrogen-bond acceptors (Lipinski definition) is 6. The quantitative estimate of drug-likeness (QED) is 0.348. The summed E-state index contributed by atoms with van der Waals surface area (Å²) in [4.78, 5) is 29.0. The summed E-state index contributed by atoms with van der Waals surface area (Å²) in [5.74, 6) is 0.235. The maximum absolute atomic E-state index is 14.0. The number of ether oxygens (including phenoxy) is 1. The van der Waals surface area contributed by atoms with Gasteiger partial charge in [-0.1, -0.05) is 17.3 Å². The molecule has 36 heavy (non-hydrogen) atoms. The average Bonchev–Trinajstić information content (AvgIpc) is 2.89. The second-order valence-corrected chi connectivity index (χ2v) is 8.70. The molecule has 9 heteroatoms. The summed E-state index contributed by atoms with van der Waals surface area (Å²) < 4.78 is 33.2. The van der Waals surface area contributed by atoms with Gasteiger partial charge >= 0.3 is 0 Å². The number of nitrogens with zero attached hydrogens (tertiary/aromatic N) is 4. The minimum Gasteiger partial charge on any atom is -0.497 e. The van der Waals surface area contributed by atoms with Gasteiger partial charge in [0.05, 0.1) is 24.9 Å². The number of hydrogen-bond donors (Lipinski definition) is 0. The standard InChI is InChI=1S/C27H28F2N4O3/c1-17(32-36-21-7-4-6-20(14-21)35-3)23-16-30-18(2)31-27(23)19-10-12-33(13-11-19)26(34)15-22-24(28)8-5-9-25(22)29/h4-9,14,16,19H,10-13,15H2,1-3H3/b32-17-. The fraction of sp³-hybridized carbons (Fsp3) is 0.333. The van der Waals surface area contributed by atoms with Crippen molar-refractivity contribution in [3.8, 4) is 11.5 Å². The normalized spacial score (nSPS) is 14.6. The van der Waals surface area contributed by atoms with Crippen LogP contribution >= 0.6 is 0 Å². The number of benzene rings is 2. The molecule has 1 fully saturated rings. The van der Waals surface area contributed by atoms with Crippen LogP contribution in [0.3, 0.4) is 0 Å². The molecule has 0 bridgehead atoms. The zero-order chi connectivity index (χ0) is 25.7. The molecule has 0 N–H and O–H groups in total. The van der Waals surface area contributed by atoms with E-state index in [1.54, 1.807) is 30.3 Å². The maximum atomic E-state index is 14.0. The Morgan fingerprint density at radius 2 is 1.78 bits per heavy atom. The van der Waals surface area contributed by atoms with Crippen molar-refractivity contribution in [1.82, 2.24) is 14.9 Å². The van der Waals surface area contributed by atoms with Crippen molar-refractivity contribution in [3.05, 3.63) is 82.9 Å². The summed E-state index contributed by atoms with van der Waals surface area (Å²) in [6, 6.07) is 10.8. The lowest BCUT2D eigenvalue weighted by molar-refractivity contribution is -0.131. The summed E-state index contributed by atoms with van der Waals surface area (Å²) in [7, 11) is 1.58. The van der Waals surface area contributed by atoms with Crippen LogP contribution in [0, 0.1) is 18.6 Å². The molecule has 0 atom stereocenters. The Morgan fingerprint density at radius 3 is 2.47 bits per heavy atom. The summed E-state index contributed by atoms with van der Waals surface area (Å²) in [6.07, 6.45) is 2.77. The van der Waals surface area contributed by atoms with E-state index in [-0.39, 0.29) is 23.8 Å². The number of halogens is 2. The minimum atomic E-state index is -0.703. The maximum Gasteiger partial charge on any atom is 0.227 e. The van der Waals surface area contributed by atoms with Crippen molar-refractivity contribution < 1.29 is 23.1 Å². The Balaban J connectivity index is 1.45. The van der Waals surface area contributed by atoms with E-state index >= 15 is 0 Å². The number of oxime groups is 1. The van der Waals surface area contributed by atoms with E-state index < -0.39 is 11.6 Å². The van der Waals surface area contributed by atoms with E-state index in [1.807, 2.05) is 26.0 Å². The third-order valence-corrected chi connectivity index (χ3v) is 6.28. The number of rotatable bonds is 7. The predicted octanol–water partition coefficient (Wildman–Crippen LogP) is 4.82. The van der Waals surface area contributed by atoms with Gasteiger partial charge in [-0.3, -0.25) is 4.79 Å². The molecule has 2 heterocycles. The van der Waals surface area contributed by atoms with Gasteiger partial charge in [-0.2, -0.15) is 0 Å². The molecule has 0 spiro atoms. The van der Waals surface area contributed by atoms with Crippen molar-refractivity contribution in [2.24, 2.45) is 5.16 Å². The average molecular weight is 495 g/mol. The van der Waals surface area contributed by atoms with Crippen molar-refractivity contribution in [1.29, 1.82) is 0 Å². The second kappa shape index (κ2) is 11.2. The lowest BCUT2D eigenvalue weighted by Crippen LogP contribution is -2.39. The molecule has 0 aliphatic carbocycles. The van der Waals surface area contributed by atoms with Gasteiger partial charge in [-0.25, -0.2) is 18.7 Å². The fourth-order valence-electron chi connectivity index (χ4n) is 4.27. The van der Waals surface area contributed by atoms with Gasteiger partial charge in [0.2, 0.25) is 5.91 Å². The third kappa shape index (κ3) is 5.84. The minimum absolute atomic E-state index is 0.0814. The number of piperidine rings is 1. The van der Waals surface area contributed by atoms with Gasteiger partial charge < -0.3 is 14.5 Å². The van der Waals surface area contributed by atoms with Gasteiger partial charge in [-0.15, -0.1) is 0 Å². The van der Waals surface area contributed by atoms with Gasteiger partial charge in [0.25, 0.3) is 0 Å². The zero-order valence-electron chi connectivity index (χ0n) is 20.5. The molecular formula is C27H28F2N4O3. The SMILES string of the molecule is COc1cccc(O/N=C(/C)c2cnc(C)nc2C2CCN(C(=O)Cc3c(F)cccc3F)CC2)c1. The number of methoxy groups -OCH3 is 1. The first kappa shape index (κ1) is 25.2. The van der Waals surface area contributed by atoms with Crippen LogP contribution in [-0.4, -0.2) is 46.7 Å². The van der Waals surface area contributed by atoms with Crippen molar-refractivity contribution in [3.63, 3.8) is 0 Å². The Morgan fingerprint density at radius 1 is 1.11 bits per heavy atom. The molecule has 0 radical (unpaired) electrons. The first-order chi connectivity index (χ1) is 17.4. The van der Waals surface area contributed by atoms with Crippen LogP contribution in [0.5, 0.6) is 11.5 Å². The molecule has 1 aliphatic heterocycles. The van der Waals surface area contributed by atoms with E-state index in [9.17, 15) is 13.6 Å². The largest absolute Gasteiger partial charge is 0.497 e. The molecule has 1 amide bonds. The van der Waals surface area contributed by atoms with Crippen LogP contribution in [-0.2, 0) is 11.2 Å². The van der Waals surface area contributed by atoms with Gasteiger partial charge in [0.15, 0.2) is 5.75 Å². The first-order valence-electron chi connectivity index (χ1n) is 11.8. The van der Waals surface area contributed by atoms with Crippen molar-refractivity contribution in [2.75, 3.05) is 20.2 Å². The van der Waals surface area contributed by atoms with Crippen LogP contribution in [0.4, 0.5) is 8.78 Å². The summed E-state index contributed by atoms with van der Waals surface area (Å²) in [6.45, 7) is 4.60. The molecule has 3 aromatic rings. The highest BCUT2D eigenvalue weighted by atomic mass is 19.1. The molecular weight excluding hydrogens is 466 g/mol. The van der Waals surface area contributed by atoms with Crippen LogP contribution in [0.1, 0.15) is 48.3 Å². The summed E-state index contributed by atoms with van der Waals surface area (Å²) >= 11 is 0. The molecule has 2 aromatic carbocycles. The van der Waals surface area contributed by atoms with Crippen LogP contribution in [0.15, 0.2) is 53.8 Å². The number of aromatic nitrogens is 2. The summed E-state index contributed by atoms with van der Waals surface area (Å²) in [5, 5.41) is 4.28. The smallest absolute Gasteiger partial charge is 0.227 e. The predicted molar refractivity (Wildman–Crippen MR) is 131 cm³/mol. The third-order valence-electron chi connectivity index (χ3n) is 6.28. The molecule has 0 saturated carbocycles. The van der Waals surface area contributed by atoms with E-state index in [4.69, 9.17) is 14.6 Å². The van der Waals surface area contributed by atoms with Crippen LogP contribution in [0.2, 0.25) is 0 Å². The van der Waals surface area contributed by atoms with E-state index in [2.05, 4.69) is 10.1 Å². The number of likely N-dealkylation sites (tertiary alicyclic amines) is 1. The monoisotopic (exact) mass is 494 g/mol. The van der Waals surface area contributed by atoms with E-state index in [1.165, 1.54) is 18.2 Å². The highest BCUT2D eigenvalue weighted by Gasteiger charge is 2.28. The van der Waals surface area contributed by atoms with Crippen molar-refractivity contribution in [2.45, 2.75) is 39.0 Å². The highest BCUT2D eigenvalue weighted by Crippen LogP contribution is 2.30. The van der Waals surface area contributed by atoms with Crippen LogP contribution < -0.4 is 9.57 Å².